The zero-order valence-electron chi connectivity index (χ0n) is 18.0. The Morgan fingerprint density at radius 2 is 1.74 bits per heavy atom. The number of anilines is 2. The second-order valence-electron chi connectivity index (χ2n) is 8.85. The molecule has 3 heterocycles. The Bertz CT molecular complexity index is 1040. The molecule has 5 rings (SSSR count). The van der Waals surface area contributed by atoms with Crippen molar-refractivity contribution in [2.75, 3.05) is 49.1 Å². The van der Waals surface area contributed by atoms with Crippen LogP contribution in [0.1, 0.15) is 39.9 Å². The molecule has 0 atom stereocenters. The van der Waals surface area contributed by atoms with Gasteiger partial charge in [0.2, 0.25) is 5.91 Å². The van der Waals surface area contributed by atoms with E-state index in [1.54, 1.807) is 0 Å². The highest BCUT2D eigenvalue weighted by atomic mass is 35.5. The standard InChI is InChI=1S/C25H28ClN3O2/c1-17-3-2-4-21(24(17)26)28-13-11-27(12-14-28)9-8-22(30)20-15-18-5-6-23(31)29-10-7-19(16-20)25(18)29/h2-4,15-16H,5-14H2,1H3. The van der Waals surface area contributed by atoms with Gasteiger partial charge in [0, 0.05) is 57.7 Å². The van der Waals surface area contributed by atoms with Gasteiger partial charge in [-0.15, -0.1) is 0 Å². The summed E-state index contributed by atoms with van der Waals surface area (Å²) in [5, 5.41) is 0.840. The van der Waals surface area contributed by atoms with Gasteiger partial charge in [0.15, 0.2) is 5.78 Å². The Kier molecular flexibility index (Phi) is 5.49. The maximum atomic E-state index is 13.0. The summed E-state index contributed by atoms with van der Waals surface area (Å²) < 4.78 is 0. The van der Waals surface area contributed by atoms with Crippen LogP contribution in [-0.4, -0.2) is 55.9 Å². The van der Waals surface area contributed by atoms with Crippen molar-refractivity contribution in [3.05, 3.63) is 57.6 Å². The number of ketones is 1. The summed E-state index contributed by atoms with van der Waals surface area (Å²) in [6.45, 7) is 7.29. The van der Waals surface area contributed by atoms with Crippen LogP contribution in [0.5, 0.6) is 0 Å². The van der Waals surface area contributed by atoms with Crippen molar-refractivity contribution in [3.63, 3.8) is 0 Å². The average Bonchev–Trinajstić information content (AvgIpc) is 3.22. The number of Topliss-reactive ketones (excluding diaryl/α,β-unsaturated/α-hetero) is 1. The van der Waals surface area contributed by atoms with E-state index in [1.807, 2.05) is 30.0 Å². The van der Waals surface area contributed by atoms with Gasteiger partial charge >= 0.3 is 0 Å². The monoisotopic (exact) mass is 437 g/mol. The van der Waals surface area contributed by atoms with Gasteiger partial charge < -0.3 is 9.80 Å². The number of halogens is 1. The molecule has 0 saturated carbocycles. The molecule has 162 valence electrons. The van der Waals surface area contributed by atoms with Crippen LogP contribution in [0.25, 0.3) is 0 Å². The molecule has 2 aromatic carbocycles. The summed E-state index contributed by atoms with van der Waals surface area (Å²) in [4.78, 5) is 31.7. The molecule has 1 fully saturated rings. The second-order valence-corrected chi connectivity index (χ2v) is 9.23. The number of aryl methyl sites for hydroxylation is 2. The molecule has 0 unspecified atom stereocenters. The van der Waals surface area contributed by atoms with Crippen molar-refractivity contribution < 1.29 is 9.59 Å². The minimum atomic E-state index is 0.207. The number of carbonyl (C=O) groups excluding carboxylic acids is 2. The van der Waals surface area contributed by atoms with Crippen molar-refractivity contribution in [1.82, 2.24) is 4.90 Å². The Morgan fingerprint density at radius 3 is 2.52 bits per heavy atom. The zero-order valence-corrected chi connectivity index (χ0v) is 18.7. The van der Waals surface area contributed by atoms with Crippen LogP contribution >= 0.6 is 11.6 Å². The molecule has 0 radical (unpaired) electrons. The number of rotatable bonds is 5. The Morgan fingerprint density at radius 1 is 1.00 bits per heavy atom. The van der Waals surface area contributed by atoms with Crippen molar-refractivity contribution in [3.8, 4) is 0 Å². The first-order valence-electron chi connectivity index (χ1n) is 11.2. The lowest BCUT2D eigenvalue weighted by Crippen LogP contribution is -2.47. The highest BCUT2D eigenvalue weighted by molar-refractivity contribution is 6.34. The fourth-order valence-electron chi connectivity index (χ4n) is 5.11. The SMILES string of the molecule is Cc1cccc(N2CCN(CCC(=O)c3cc4c5c(c3)CCN5C(=O)CC4)CC2)c1Cl. The van der Waals surface area contributed by atoms with Crippen LogP contribution in [-0.2, 0) is 17.6 Å². The number of hydrogen-bond acceptors (Lipinski definition) is 4. The number of piperazine rings is 1. The normalized spacial score (nSPS) is 18.5. The van der Waals surface area contributed by atoms with E-state index in [4.69, 9.17) is 11.6 Å². The van der Waals surface area contributed by atoms with Crippen molar-refractivity contribution in [2.45, 2.75) is 32.6 Å². The van der Waals surface area contributed by atoms with Gasteiger partial charge in [-0.25, -0.2) is 0 Å². The number of nitrogens with zero attached hydrogens (tertiary/aromatic N) is 3. The fourth-order valence-corrected chi connectivity index (χ4v) is 5.36. The predicted octanol–water partition coefficient (Wildman–Crippen LogP) is 3.88. The molecule has 3 aliphatic heterocycles. The molecular weight excluding hydrogens is 410 g/mol. The molecule has 0 N–H and O–H groups in total. The summed E-state index contributed by atoms with van der Waals surface area (Å²) in [5.41, 5.74) is 6.44. The minimum absolute atomic E-state index is 0.207. The Balaban J connectivity index is 1.19. The predicted molar refractivity (Wildman–Crippen MR) is 125 cm³/mol. The number of amides is 1. The first-order chi connectivity index (χ1) is 15.0. The zero-order chi connectivity index (χ0) is 21.5. The highest BCUT2D eigenvalue weighted by Gasteiger charge is 2.32. The molecule has 1 amide bonds. The fraction of sp³-hybridized carbons (Fsp3) is 0.440. The first kappa shape index (κ1) is 20.5. The van der Waals surface area contributed by atoms with E-state index in [2.05, 4.69) is 21.9 Å². The molecule has 3 aliphatic rings. The van der Waals surface area contributed by atoms with E-state index in [9.17, 15) is 9.59 Å². The van der Waals surface area contributed by atoms with Gasteiger partial charge in [-0.05, 0) is 54.7 Å². The van der Waals surface area contributed by atoms with Crippen LogP contribution in [0.3, 0.4) is 0 Å². The molecule has 2 aromatic rings. The third-order valence-corrected chi connectivity index (χ3v) is 7.40. The molecule has 6 heteroatoms. The smallest absolute Gasteiger partial charge is 0.227 e. The third kappa shape index (κ3) is 3.85. The largest absolute Gasteiger partial charge is 0.368 e. The molecule has 0 aliphatic carbocycles. The van der Waals surface area contributed by atoms with Crippen LogP contribution in [0, 0.1) is 6.92 Å². The minimum Gasteiger partial charge on any atom is -0.368 e. The molecule has 0 aromatic heterocycles. The third-order valence-electron chi connectivity index (χ3n) is 6.91. The summed E-state index contributed by atoms with van der Waals surface area (Å²) in [6.07, 6.45) is 2.70. The van der Waals surface area contributed by atoms with Crippen molar-refractivity contribution >= 4 is 34.7 Å². The molecule has 0 spiro atoms. The van der Waals surface area contributed by atoms with Crippen LogP contribution in [0.4, 0.5) is 11.4 Å². The lowest BCUT2D eigenvalue weighted by Gasteiger charge is -2.36. The molecule has 31 heavy (non-hydrogen) atoms. The maximum absolute atomic E-state index is 13.0. The Labute approximate surface area is 188 Å². The average molecular weight is 438 g/mol. The molecule has 1 saturated heterocycles. The number of benzene rings is 2. The van der Waals surface area contributed by atoms with E-state index in [0.717, 1.165) is 85.2 Å². The highest BCUT2D eigenvalue weighted by Crippen LogP contribution is 2.37. The Hall–Kier alpha value is -2.37. The van der Waals surface area contributed by atoms with Crippen LogP contribution in [0.15, 0.2) is 30.3 Å². The van der Waals surface area contributed by atoms with Gasteiger partial charge in [-0.1, -0.05) is 23.7 Å². The van der Waals surface area contributed by atoms with Gasteiger partial charge in [0.05, 0.1) is 16.4 Å². The summed E-state index contributed by atoms with van der Waals surface area (Å²) in [7, 11) is 0. The maximum Gasteiger partial charge on any atom is 0.227 e. The van der Waals surface area contributed by atoms with Gasteiger partial charge in [0.1, 0.15) is 0 Å². The van der Waals surface area contributed by atoms with Gasteiger partial charge in [-0.2, -0.15) is 0 Å². The number of hydrogen-bond donors (Lipinski definition) is 0. The van der Waals surface area contributed by atoms with E-state index in [0.29, 0.717) is 12.8 Å². The lowest BCUT2D eigenvalue weighted by molar-refractivity contribution is -0.118. The van der Waals surface area contributed by atoms with Crippen molar-refractivity contribution in [1.29, 1.82) is 0 Å². The quantitative estimate of drug-likeness (QED) is 0.666. The van der Waals surface area contributed by atoms with Gasteiger partial charge in [-0.3, -0.25) is 14.5 Å². The van der Waals surface area contributed by atoms with E-state index in [-0.39, 0.29) is 11.7 Å². The summed E-state index contributed by atoms with van der Waals surface area (Å²) in [5.74, 6) is 0.426. The molecule has 5 nitrogen and oxygen atoms in total. The lowest BCUT2D eigenvalue weighted by atomic mass is 9.94. The molecule has 0 bridgehead atoms. The van der Waals surface area contributed by atoms with E-state index < -0.39 is 0 Å². The van der Waals surface area contributed by atoms with Gasteiger partial charge in [0.25, 0.3) is 0 Å². The summed E-state index contributed by atoms with van der Waals surface area (Å²) in [6, 6.07) is 10.2. The number of carbonyl (C=O) groups is 2. The van der Waals surface area contributed by atoms with Crippen LogP contribution < -0.4 is 9.80 Å². The van der Waals surface area contributed by atoms with E-state index in [1.165, 1.54) is 5.56 Å². The van der Waals surface area contributed by atoms with Crippen LogP contribution in [0.2, 0.25) is 5.02 Å². The molecular formula is C25H28ClN3O2. The second kappa shape index (κ2) is 8.29. The van der Waals surface area contributed by atoms with E-state index >= 15 is 0 Å². The first-order valence-corrected chi connectivity index (χ1v) is 11.6. The summed E-state index contributed by atoms with van der Waals surface area (Å²) >= 11 is 6.50. The van der Waals surface area contributed by atoms with Crippen molar-refractivity contribution in [2.24, 2.45) is 0 Å². The topological polar surface area (TPSA) is 43.9 Å².